The van der Waals surface area contributed by atoms with Gasteiger partial charge >= 0.3 is 0 Å². The second-order valence-corrected chi connectivity index (χ2v) is 6.73. The summed E-state index contributed by atoms with van der Waals surface area (Å²) in [7, 11) is 0. The molecule has 4 nitrogen and oxygen atoms in total. The molecule has 3 rings (SSSR count). The summed E-state index contributed by atoms with van der Waals surface area (Å²) in [5, 5.41) is 0. The average molecular weight is 362 g/mol. The molecule has 0 unspecified atom stereocenters. The van der Waals surface area contributed by atoms with Gasteiger partial charge in [0.05, 0.1) is 0 Å². The maximum absolute atomic E-state index is 12.9. The van der Waals surface area contributed by atoms with Crippen LogP contribution in [0.3, 0.4) is 0 Å². The van der Waals surface area contributed by atoms with E-state index in [2.05, 4.69) is 6.92 Å². The molecule has 27 heavy (non-hydrogen) atoms. The highest BCUT2D eigenvalue weighted by atomic mass is 16.2. The van der Waals surface area contributed by atoms with E-state index in [9.17, 15) is 9.59 Å². The Morgan fingerprint density at radius 3 is 2.33 bits per heavy atom. The molecule has 2 aromatic rings. The Balaban J connectivity index is 1.62. The van der Waals surface area contributed by atoms with E-state index in [1.54, 1.807) is 6.08 Å². The van der Waals surface area contributed by atoms with Crippen molar-refractivity contribution >= 4 is 17.9 Å². The smallest absolute Gasteiger partial charge is 0.254 e. The maximum atomic E-state index is 12.9. The first-order valence-electron chi connectivity index (χ1n) is 9.58. The summed E-state index contributed by atoms with van der Waals surface area (Å²) in [5.74, 6) is 0.0729. The quantitative estimate of drug-likeness (QED) is 0.779. The highest BCUT2D eigenvalue weighted by molar-refractivity contribution is 5.96. The molecule has 2 aromatic carbocycles. The molecule has 2 amide bonds. The van der Waals surface area contributed by atoms with Crippen LogP contribution in [0, 0.1) is 0 Å². The summed E-state index contributed by atoms with van der Waals surface area (Å²) < 4.78 is 0. The predicted molar refractivity (Wildman–Crippen MR) is 108 cm³/mol. The van der Waals surface area contributed by atoms with Crippen molar-refractivity contribution in [2.45, 2.75) is 19.8 Å². The number of benzene rings is 2. The Morgan fingerprint density at radius 1 is 0.889 bits per heavy atom. The van der Waals surface area contributed by atoms with E-state index >= 15 is 0 Å². The molecule has 0 atom stereocenters. The molecule has 1 heterocycles. The number of aryl methyl sites for hydroxylation is 1. The van der Waals surface area contributed by atoms with E-state index in [1.807, 2.05) is 70.5 Å². The van der Waals surface area contributed by atoms with Crippen molar-refractivity contribution < 1.29 is 9.59 Å². The molecule has 0 N–H and O–H groups in total. The van der Waals surface area contributed by atoms with Crippen molar-refractivity contribution in [2.24, 2.45) is 0 Å². The fourth-order valence-electron chi connectivity index (χ4n) is 3.39. The van der Waals surface area contributed by atoms with Crippen LogP contribution in [0.1, 0.15) is 34.8 Å². The average Bonchev–Trinajstić information content (AvgIpc) is 2.98. The summed E-state index contributed by atoms with van der Waals surface area (Å²) in [6.45, 7) is 4.56. The monoisotopic (exact) mass is 362 g/mol. The van der Waals surface area contributed by atoms with Crippen LogP contribution in [0.15, 0.2) is 60.7 Å². The third-order valence-electron chi connectivity index (χ3n) is 4.94. The number of nitrogens with zero attached hydrogens (tertiary/aromatic N) is 2. The summed E-state index contributed by atoms with van der Waals surface area (Å²) in [6.07, 6.45) is 5.10. The molecular weight excluding hydrogens is 336 g/mol. The lowest BCUT2D eigenvalue weighted by atomic mass is 10.0. The van der Waals surface area contributed by atoms with Gasteiger partial charge in [0.2, 0.25) is 5.91 Å². The Bertz CT molecular complexity index is 814. The summed E-state index contributed by atoms with van der Waals surface area (Å²) in [4.78, 5) is 29.1. The molecule has 4 heteroatoms. The summed E-state index contributed by atoms with van der Waals surface area (Å²) >= 11 is 0. The minimum Gasteiger partial charge on any atom is -0.337 e. The third kappa shape index (κ3) is 4.85. The fourth-order valence-corrected chi connectivity index (χ4v) is 3.39. The lowest BCUT2D eigenvalue weighted by Crippen LogP contribution is -2.37. The van der Waals surface area contributed by atoms with Crippen molar-refractivity contribution in [3.63, 3.8) is 0 Å². The molecule has 0 radical (unpaired) electrons. The molecule has 1 fully saturated rings. The maximum Gasteiger partial charge on any atom is 0.254 e. The Hall–Kier alpha value is -2.88. The number of carbonyl (C=O) groups is 2. The second-order valence-electron chi connectivity index (χ2n) is 6.73. The summed E-state index contributed by atoms with van der Waals surface area (Å²) in [5.41, 5.74) is 2.86. The van der Waals surface area contributed by atoms with Gasteiger partial charge in [0, 0.05) is 37.8 Å². The molecule has 1 saturated heterocycles. The van der Waals surface area contributed by atoms with Gasteiger partial charge in [-0.1, -0.05) is 55.5 Å². The van der Waals surface area contributed by atoms with Gasteiger partial charge in [-0.15, -0.1) is 0 Å². The van der Waals surface area contributed by atoms with Gasteiger partial charge < -0.3 is 9.80 Å². The first-order chi connectivity index (χ1) is 13.2. The lowest BCUT2D eigenvalue weighted by molar-refractivity contribution is -0.125. The number of rotatable bonds is 4. The van der Waals surface area contributed by atoms with Crippen LogP contribution < -0.4 is 0 Å². The van der Waals surface area contributed by atoms with E-state index in [1.165, 1.54) is 0 Å². The van der Waals surface area contributed by atoms with Crippen LogP contribution in [-0.2, 0) is 11.2 Å². The Labute approximate surface area is 161 Å². The zero-order valence-electron chi connectivity index (χ0n) is 15.8. The van der Waals surface area contributed by atoms with Crippen LogP contribution in [0.2, 0.25) is 0 Å². The first-order valence-corrected chi connectivity index (χ1v) is 9.58. The minimum absolute atomic E-state index is 0.00195. The zero-order valence-corrected chi connectivity index (χ0v) is 15.8. The van der Waals surface area contributed by atoms with Crippen molar-refractivity contribution in [1.82, 2.24) is 9.80 Å². The molecule has 0 saturated carbocycles. The third-order valence-corrected chi connectivity index (χ3v) is 4.94. The standard InChI is InChI=1S/C23H26N2O2/c1-2-20-11-6-7-12-21(20)23(27)25-16-8-15-24(17-18-25)22(26)14-13-19-9-4-3-5-10-19/h3-7,9-14H,2,8,15-18H2,1H3/b14-13+. The van der Waals surface area contributed by atoms with Crippen LogP contribution in [-0.4, -0.2) is 47.8 Å². The number of hydrogen-bond donors (Lipinski definition) is 0. The normalized spacial score (nSPS) is 15.0. The predicted octanol–water partition coefficient (Wildman–Crippen LogP) is 3.64. The Kier molecular flexibility index (Phi) is 6.42. The molecule has 1 aliphatic rings. The fraction of sp³-hybridized carbons (Fsp3) is 0.304. The van der Waals surface area contributed by atoms with Crippen LogP contribution in [0.4, 0.5) is 0 Å². The summed E-state index contributed by atoms with van der Waals surface area (Å²) in [6, 6.07) is 17.6. The SMILES string of the molecule is CCc1ccccc1C(=O)N1CCCN(C(=O)/C=C/c2ccccc2)CC1. The van der Waals surface area contributed by atoms with Crippen molar-refractivity contribution in [3.8, 4) is 0 Å². The molecule has 0 bridgehead atoms. The highest BCUT2D eigenvalue weighted by Gasteiger charge is 2.23. The topological polar surface area (TPSA) is 40.6 Å². The second kappa shape index (κ2) is 9.17. The van der Waals surface area contributed by atoms with Crippen LogP contribution in [0.5, 0.6) is 0 Å². The Morgan fingerprint density at radius 2 is 1.56 bits per heavy atom. The molecule has 0 aromatic heterocycles. The van der Waals surface area contributed by atoms with Crippen LogP contribution >= 0.6 is 0 Å². The van der Waals surface area contributed by atoms with Crippen molar-refractivity contribution in [2.75, 3.05) is 26.2 Å². The van der Waals surface area contributed by atoms with Gasteiger partial charge in [0.25, 0.3) is 5.91 Å². The largest absolute Gasteiger partial charge is 0.337 e. The van der Waals surface area contributed by atoms with Crippen molar-refractivity contribution in [1.29, 1.82) is 0 Å². The molecule has 140 valence electrons. The van der Waals surface area contributed by atoms with E-state index in [4.69, 9.17) is 0 Å². The minimum atomic E-state index is 0.00195. The van der Waals surface area contributed by atoms with Crippen molar-refractivity contribution in [3.05, 3.63) is 77.4 Å². The van der Waals surface area contributed by atoms with Gasteiger partial charge in [-0.25, -0.2) is 0 Å². The number of amides is 2. The molecule has 0 aliphatic carbocycles. The van der Waals surface area contributed by atoms with E-state index < -0.39 is 0 Å². The number of hydrogen-bond acceptors (Lipinski definition) is 2. The first kappa shape index (κ1) is 18.9. The lowest BCUT2D eigenvalue weighted by Gasteiger charge is -2.22. The van der Waals surface area contributed by atoms with Gasteiger partial charge in [-0.05, 0) is 36.1 Å². The van der Waals surface area contributed by atoms with E-state index in [-0.39, 0.29) is 11.8 Å². The van der Waals surface area contributed by atoms with E-state index in [0.29, 0.717) is 26.2 Å². The number of carbonyl (C=O) groups excluding carboxylic acids is 2. The van der Waals surface area contributed by atoms with Crippen LogP contribution in [0.25, 0.3) is 6.08 Å². The van der Waals surface area contributed by atoms with Gasteiger partial charge in [-0.2, -0.15) is 0 Å². The highest BCUT2D eigenvalue weighted by Crippen LogP contribution is 2.15. The van der Waals surface area contributed by atoms with Gasteiger partial charge in [0.1, 0.15) is 0 Å². The van der Waals surface area contributed by atoms with E-state index in [0.717, 1.165) is 29.5 Å². The van der Waals surface area contributed by atoms with Gasteiger partial charge in [0.15, 0.2) is 0 Å². The molecule has 1 aliphatic heterocycles. The van der Waals surface area contributed by atoms with Gasteiger partial charge in [-0.3, -0.25) is 9.59 Å². The zero-order chi connectivity index (χ0) is 19.1. The molecular formula is C23H26N2O2. The molecule has 0 spiro atoms.